The van der Waals surface area contributed by atoms with Crippen LogP contribution in [0.2, 0.25) is 0 Å². The monoisotopic (exact) mass is 506 g/mol. The predicted molar refractivity (Wildman–Crippen MR) is 149 cm³/mol. The Balaban J connectivity index is 1.32. The van der Waals surface area contributed by atoms with Gasteiger partial charge in [0.1, 0.15) is 17.5 Å². The number of rotatable bonds is 6. The normalized spacial score (nSPS) is 14.6. The predicted octanol–water partition coefficient (Wildman–Crippen LogP) is 5.57. The number of aromatic nitrogens is 4. The van der Waals surface area contributed by atoms with E-state index in [1.165, 1.54) is 23.3 Å². The zero-order valence-corrected chi connectivity index (χ0v) is 21.6. The molecule has 0 bridgehead atoms. The van der Waals surface area contributed by atoms with Gasteiger partial charge in [0.2, 0.25) is 0 Å². The molecule has 1 aliphatic heterocycles. The molecule has 6 nitrogen and oxygen atoms in total. The molecule has 0 atom stereocenters. The quantitative estimate of drug-likeness (QED) is 0.302. The molecule has 0 amide bonds. The molecule has 0 aliphatic carbocycles. The molecule has 0 spiro atoms. The van der Waals surface area contributed by atoms with E-state index < -0.39 is 0 Å². The first kappa shape index (κ1) is 24.2. The van der Waals surface area contributed by atoms with Crippen molar-refractivity contribution in [1.29, 1.82) is 0 Å². The van der Waals surface area contributed by atoms with Gasteiger partial charge in [-0.2, -0.15) is 5.10 Å². The zero-order chi connectivity index (χ0) is 25.9. The number of para-hydroxylation sites is 1. The lowest BCUT2D eigenvalue weighted by molar-refractivity contribution is 0.285. The molecule has 0 radical (unpaired) electrons. The van der Waals surface area contributed by atoms with Gasteiger partial charge >= 0.3 is 0 Å². The summed E-state index contributed by atoms with van der Waals surface area (Å²) in [7, 11) is 0. The van der Waals surface area contributed by atoms with Crippen LogP contribution < -0.4 is 4.90 Å². The highest BCUT2D eigenvalue weighted by Gasteiger charge is 2.22. The molecule has 0 N–H and O–H groups in total. The van der Waals surface area contributed by atoms with E-state index in [0.717, 1.165) is 73.1 Å². The Kier molecular flexibility index (Phi) is 6.84. The van der Waals surface area contributed by atoms with Crippen molar-refractivity contribution in [3.05, 3.63) is 113 Å². The maximum Gasteiger partial charge on any atom is 0.168 e. The Morgan fingerprint density at radius 3 is 2.34 bits per heavy atom. The van der Waals surface area contributed by atoms with Gasteiger partial charge in [0.25, 0.3) is 0 Å². The van der Waals surface area contributed by atoms with Crippen LogP contribution in [0, 0.1) is 12.7 Å². The minimum Gasteiger partial charge on any atom is -0.355 e. The van der Waals surface area contributed by atoms with Gasteiger partial charge in [-0.15, -0.1) is 0 Å². The van der Waals surface area contributed by atoms with Crippen LogP contribution in [0.15, 0.2) is 85.1 Å². The summed E-state index contributed by atoms with van der Waals surface area (Å²) >= 11 is 0. The van der Waals surface area contributed by atoms with Crippen LogP contribution in [0.4, 0.5) is 10.2 Å². The summed E-state index contributed by atoms with van der Waals surface area (Å²) in [5.74, 6) is 1.55. The Bertz CT molecular complexity index is 1510. The Morgan fingerprint density at radius 1 is 0.789 bits per heavy atom. The number of aryl methyl sites for hydroxylation is 1. The van der Waals surface area contributed by atoms with Crippen molar-refractivity contribution >= 4 is 16.9 Å². The fourth-order valence-corrected chi connectivity index (χ4v) is 5.09. The fraction of sp³-hybridized carbons (Fsp3) is 0.258. The Hall–Kier alpha value is -4.10. The summed E-state index contributed by atoms with van der Waals surface area (Å²) in [6.07, 6.45) is 3.58. The largest absolute Gasteiger partial charge is 0.355 e. The maximum atomic E-state index is 13.4. The first-order chi connectivity index (χ1) is 18.6. The molecular formula is C31H31FN6. The van der Waals surface area contributed by atoms with Gasteiger partial charge in [0, 0.05) is 39.1 Å². The molecule has 192 valence electrons. The van der Waals surface area contributed by atoms with Crippen molar-refractivity contribution in [2.45, 2.75) is 26.3 Å². The molecule has 1 fully saturated rings. The molecule has 0 saturated carbocycles. The Morgan fingerprint density at radius 2 is 1.55 bits per heavy atom. The molecule has 2 aromatic heterocycles. The summed E-state index contributed by atoms with van der Waals surface area (Å²) in [4.78, 5) is 14.9. The van der Waals surface area contributed by atoms with Gasteiger partial charge in [0.05, 0.1) is 17.3 Å². The molecule has 38 heavy (non-hydrogen) atoms. The molecule has 3 aromatic carbocycles. The van der Waals surface area contributed by atoms with Crippen LogP contribution in [-0.2, 0) is 13.0 Å². The van der Waals surface area contributed by atoms with E-state index in [-0.39, 0.29) is 5.82 Å². The molecule has 7 heteroatoms. The highest BCUT2D eigenvalue weighted by atomic mass is 19.1. The van der Waals surface area contributed by atoms with E-state index in [1.807, 2.05) is 53.3 Å². The van der Waals surface area contributed by atoms with Crippen molar-refractivity contribution in [3.8, 4) is 5.69 Å². The van der Waals surface area contributed by atoms with Gasteiger partial charge in [-0.25, -0.2) is 19.0 Å². The topological polar surface area (TPSA) is 50.1 Å². The van der Waals surface area contributed by atoms with Gasteiger partial charge in [-0.05, 0) is 48.7 Å². The number of nitrogens with zero attached hydrogens (tertiary/aromatic N) is 6. The van der Waals surface area contributed by atoms with Gasteiger partial charge < -0.3 is 4.90 Å². The van der Waals surface area contributed by atoms with Crippen LogP contribution in [0.5, 0.6) is 0 Å². The second-order valence-electron chi connectivity index (χ2n) is 10.00. The van der Waals surface area contributed by atoms with Crippen LogP contribution in [0.25, 0.3) is 16.7 Å². The smallest absolute Gasteiger partial charge is 0.168 e. The number of anilines is 1. The fourth-order valence-electron chi connectivity index (χ4n) is 5.09. The highest BCUT2D eigenvalue weighted by Crippen LogP contribution is 2.27. The summed E-state index contributed by atoms with van der Waals surface area (Å²) in [5, 5.41) is 5.69. The minimum atomic E-state index is -0.193. The van der Waals surface area contributed by atoms with Crippen LogP contribution in [-0.4, -0.2) is 50.8 Å². The molecular weight excluding hydrogens is 475 g/mol. The average Bonchev–Trinajstić information content (AvgIpc) is 3.23. The van der Waals surface area contributed by atoms with E-state index in [9.17, 15) is 4.39 Å². The van der Waals surface area contributed by atoms with E-state index in [0.29, 0.717) is 6.42 Å². The van der Waals surface area contributed by atoms with Gasteiger partial charge in [-0.3, -0.25) is 4.90 Å². The Labute approximate surface area is 222 Å². The van der Waals surface area contributed by atoms with Crippen molar-refractivity contribution in [1.82, 2.24) is 24.6 Å². The summed E-state index contributed by atoms with van der Waals surface area (Å²) in [5.41, 5.74) is 5.37. The van der Waals surface area contributed by atoms with Gasteiger partial charge in [0.15, 0.2) is 5.65 Å². The third-order valence-electron chi connectivity index (χ3n) is 7.15. The van der Waals surface area contributed by atoms with E-state index >= 15 is 0 Å². The van der Waals surface area contributed by atoms with Crippen LogP contribution in [0.1, 0.15) is 28.9 Å². The number of hydrogen-bond donors (Lipinski definition) is 0. The third kappa shape index (κ3) is 5.29. The van der Waals surface area contributed by atoms with Crippen LogP contribution in [0.3, 0.4) is 0 Å². The highest BCUT2D eigenvalue weighted by molar-refractivity contribution is 5.88. The second kappa shape index (κ2) is 10.7. The lowest BCUT2D eigenvalue weighted by Gasteiger charge is -2.24. The number of fused-ring (bicyclic) bond motifs is 1. The lowest BCUT2D eigenvalue weighted by Crippen LogP contribution is -2.31. The lowest BCUT2D eigenvalue weighted by atomic mass is 10.1. The van der Waals surface area contributed by atoms with Gasteiger partial charge in [-0.1, -0.05) is 60.2 Å². The maximum absolute atomic E-state index is 13.4. The first-order valence-corrected chi connectivity index (χ1v) is 13.2. The van der Waals surface area contributed by atoms with Crippen molar-refractivity contribution in [3.63, 3.8) is 0 Å². The van der Waals surface area contributed by atoms with E-state index in [2.05, 4.69) is 41.0 Å². The molecule has 5 aromatic rings. The first-order valence-electron chi connectivity index (χ1n) is 13.2. The average molecular weight is 507 g/mol. The SMILES string of the molecule is Cc1ccc(Cc2nc(N3CCCN(Cc4ccc(F)cc4)CC3)c3cnn(-c4ccccc4)c3n2)cc1. The molecule has 1 aliphatic rings. The van der Waals surface area contributed by atoms with Crippen LogP contribution >= 0.6 is 0 Å². The van der Waals surface area contributed by atoms with Crippen molar-refractivity contribution in [2.75, 3.05) is 31.1 Å². The molecule has 0 unspecified atom stereocenters. The number of benzene rings is 3. The van der Waals surface area contributed by atoms with Crippen molar-refractivity contribution in [2.24, 2.45) is 0 Å². The zero-order valence-electron chi connectivity index (χ0n) is 21.6. The minimum absolute atomic E-state index is 0.193. The summed E-state index contributed by atoms with van der Waals surface area (Å²) < 4.78 is 15.3. The third-order valence-corrected chi connectivity index (χ3v) is 7.15. The van der Waals surface area contributed by atoms with E-state index in [4.69, 9.17) is 15.1 Å². The standard InChI is InChI=1S/C31H31FN6/c1-23-8-10-24(11-9-23)20-29-34-30(28-21-33-38(31(28)35-29)27-6-3-2-4-7-27)37-17-5-16-36(18-19-37)22-25-12-14-26(32)15-13-25/h2-4,6-15,21H,5,16-20,22H2,1H3. The molecule has 3 heterocycles. The molecule has 6 rings (SSSR count). The van der Waals surface area contributed by atoms with Crippen molar-refractivity contribution < 1.29 is 4.39 Å². The number of hydrogen-bond acceptors (Lipinski definition) is 5. The van der Waals surface area contributed by atoms with E-state index in [1.54, 1.807) is 0 Å². The second-order valence-corrected chi connectivity index (χ2v) is 10.00. The summed E-state index contributed by atoms with van der Waals surface area (Å²) in [6.45, 7) is 6.57. The summed E-state index contributed by atoms with van der Waals surface area (Å²) in [6, 6.07) is 25.5. The molecule has 1 saturated heterocycles. The number of halogens is 1.